The van der Waals surface area contributed by atoms with Crippen molar-refractivity contribution < 1.29 is 9.53 Å². The lowest BCUT2D eigenvalue weighted by molar-refractivity contribution is -0.133. The minimum Gasteiger partial charge on any atom is -0.482 e. The average Bonchev–Trinajstić information content (AvgIpc) is 2.95. The van der Waals surface area contributed by atoms with Gasteiger partial charge in [0.15, 0.2) is 6.61 Å². The minimum atomic E-state index is -0.125. The molecule has 22 heavy (non-hydrogen) atoms. The molecule has 0 N–H and O–H groups in total. The van der Waals surface area contributed by atoms with Gasteiger partial charge < -0.3 is 9.64 Å². The number of carbonyl (C=O) groups is 1. The van der Waals surface area contributed by atoms with Gasteiger partial charge in [0.2, 0.25) is 0 Å². The van der Waals surface area contributed by atoms with Crippen LogP contribution in [0.25, 0.3) is 0 Å². The van der Waals surface area contributed by atoms with E-state index in [1.807, 2.05) is 25.1 Å². The molecule has 0 spiro atoms. The molecule has 4 nitrogen and oxygen atoms in total. The van der Waals surface area contributed by atoms with Crippen molar-refractivity contribution in [2.24, 2.45) is 0 Å². The van der Waals surface area contributed by atoms with Gasteiger partial charge in [-0.15, -0.1) is 11.3 Å². The van der Waals surface area contributed by atoms with Gasteiger partial charge in [-0.1, -0.05) is 23.7 Å². The zero-order valence-electron chi connectivity index (χ0n) is 12.1. The highest BCUT2D eigenvalue weighted by molar-refractivity contribution is 7.16. The number of benzene rings is 1. The summed E-state index contributed by atoms with van der Waals surface area (Å²) < 4.78 is 6.19. The molecule has 6 heteroatoms. The maximum Gasteiger partial charge on any atom is 0.260 e. The summed E-state index contributed by atoms with van der Waals surface area (Å²) in [4.78, 5) is 15.0. The lowest BCUT2D eigenvalue weighted by atomic mass is 10.2. The lowest BCUT2D eigenvalue weighted by Gasteiger charge is -2.20. The van der Waals surface area contributed by atoms with Gasteiger partial charge in [0.1, 0.15) is 11.8 Å². The number of amides is 1. The predicted octanol–water partition coefficient (Wildman–Crippen LogP) is 3.70. The summed E-state index contributed by atoms with van der Waals surface area (Å²) >= 11 is 7.36. The fraction of sp³-hybridized carbons (Fsp3) is 0.250. The number of carbonyl (C=O) groups excluding carboxylic acids is 1. The molecule has 0 saturated heterocycles. The molecular weight excluding hydrogens is 320 g/mol. The van der Waals surface area contributed by atoms with Crippen LogP contribution < -0.4 is 4.74 Å². The molecule has 0 bridgehead atoms. The standard InChI is InChI=1S/C16H15ClN2O2S/c1-2-19(10-13-7-8-15(17)22-13)16(20)11-21-14-6-4-3-5-12(14)9-18/h3-8H,2,10-11H2,1H3. The van der Waals surface area contributed by atoms with Crippen LogP contribution in [0.3, 0.4) is 0 Å². The van der Waals surface area contributed by atoms with E-state index in [4.69, 9.17) is 21.6 Å². The van der Waals surface area contributed by atoms with Gasteiger partial charge >= 0.3 is 0 Å². The first kappa shape index (κ1) is 16.3. The minimum absolute atomic E-state index is 0.0916. The molecule has 0 aliphatic carbocycles. The highest BCUT2D eigenvalue weighted by Crippen LogP contribution is 2.23. The molecule has 0 aliphatic rings. The number of para-hydroxylation sites is 1. The van der Waals surface area contributed by atoms with E-state index in [9.17, 15) is 4.79 Å². The average molecular weight is 335 g/mol. The van der Waals surface area contributed by atoms with Crippen molar-refractivity contribution in [3.8, 4) is 11.8 Å². The van der Waals surface area contributed by atoms with E-state index in [1.54, 1.807) is 29.2 Å². The van der Waals surface area contributed by atoms with Gasteiger partial charge in [0.25, 0.3) is 5.91 Å². The Hall–Kier alpha value is -2.03. The highest BCUT2D eigenvalue weighted by Gasteiger charge is 2.14. The third kappa shape index (κ3) is 4.23. The van der Waals surface area contributed by atoms with Crippen molar-refractivity contribution in [1.82, 2.24) is 4.90 Å². The van der Waals surface area contributed by atoms with Crippen LogP contribution in [-0.4, -0.2) is 24.0 Å². The summed E-state index contributed by atoms with van der Waals surface area (Å²) in [5, 5.41) is 9.00. The fourth-order valence-corrected chi connectivity index (χ4v) is 3.02. The molecule has 2 aromatic rings. The highest BCUT2D eigenvalue weighted by atomic mass is 35.5. The molecule has 1 amide bonds. The zero-order valence-corrected chi connectivity index (χ0v) is 13.7. The molecule has 0 atom stereocenters. The van der Waals surface area contributed by atoms with Crippen molar-refractivity contribution in [2.75, 3.05) is 13.2 Å². The fourth-order valence-electron chi connectivity index (χ4n) is 1.92. The van der Waals surface area contributed by atoms with Crippen molar-refractivity contribution in [3.05, 3.63) is 51.2 Å². The van der Waals surface area contributed by atoms with E-state index in [-0.39, 0.29) is 12.5 Å². The summed E-state index contributed by atoms with van der Waals surface area (Å²) in [5.41, 5.74) is 0.420. The van der Waals surface area contributed by atoms with Crippen molar-refractivity contribution in [1.29, 1.82) is 5.26 Å². The van der Waals surface area contributed by atoms with E-state index < -0.39 is 0 Å². The van der Waals surface area contributed by atoms with Crippen molar-refractivity contribution in [2.45, 2.75) is 13.5 Å². The second-order valence-electron chi connectivity index (χ2n) is 4.51. The Labute approximate surface area is 138 Å². The number of hydrogen-bond donors (Lipinski definition) is 0. The summed E-state index contributed by atoms with van der Waals surface area (Å²) in [6.07, 6.45) is 0. The maximum absolute atomic E-state index is 12.2. The van der Waals surface area contributed by atoms with Crippen LogP contribution in [0.4, 0.5) is 0 Å². The molecule has 1 aromatic carbocycles. The largest absolute Gasteiger partial charge is 0.482 e. The van der Waals surface area contributed by atoms with Crippen LogP contribution in [0.2, 0.25) is 4.34 Å². The monoisotopic (exact) mass is 334 g/mol. The number of nitriles is 1. The third-order valence-electron chi connectivity index (χ3n) is 3.07. The normalized spacial score (nSPS) is 10.0. The Morgan fingerprint density at radius 2 is 2.14 bits per heavy atom. The van der Waals surface area contributed by atoms with Gasteiger partial charge in [-0.25, -0.2) is 0 Å². The van der Waals surface area contributed by atoms with Gasteiger partial charge in [0, 0.05) is 11.4 Å². The number of nitrogens with zero attached hydrogens (tertiary/aromatic N) is 2. The Morgan fingerprint density at radius 3 is 2.77 bits per heavy atom. The zero-order chi connectivity index (χ0) is 15.9. The number of halogens is 1. The Bertz CT molecular complexity index is 693. The quantitative estimate of drug-likeness (QED) is 0.809. The molecule has 0 saturated carbocycles. The third-order valence-corrected chi connectivity index (χ3v) is 4.28. The molecular formula is C16H15ClN2O2S. The van der Waals surface area contributed by atoms with Crippen LogP contribution in [0.5, 0.6) is 5.75 Å². The molecule has 2 rings (SSSR count). The number of rotatable bonds is 6. The summed E-state index contributed by atoms with van der Waals surface area (Å²) in [7, 11) is 0. The predicted molar refractivity (Wildman–Crippen MR) is 87.1 cm³/mol. The van der Waals surface area contributed by atoms with Crippen LogP contribution >= 0.6 is 22.9 Å². The number of likely N-dealkylation sites (N-methyl/N-ethyl adjacent to an activating group) is 1. The molecule has 0 radical (unpaired) electrons. The first-order chi connectivity index (χ1) is 10.6. The molecule has 0 fully saturated rings. The number of hydrogen-bond acceptors (Lipinski definition) is 4. The van der Waals surface area contributed by atoms with E-state index >= 15 is 0 Å². The van der Waals surface area contributed by atoms with Crippen LogP contribution in [-0.2, 0) is 11.3 Å². The SMILES string of the molecule is CCN(Cc1ccc(Cl)s1)C(=O)COc1ccccc1C#N. The Kier molecular flexibility index (Phi) is 5.82. The van der Waals surface area contributed by atoms with E-state index in [1.165, 1.54) is 11.3 Å². The smallest absolute Gasteiger partial charge is 0.260 e. The number of thiophene rings is 1. The van der Waals surface area contributed by atoms with Crippen molar-refractivity contribution in [3.63, 3.8) is 0 Å². The van der Waals surface area contributed by atoms with Crippen LogP contribution in [0, 0.1) is 11.3 Å². The van der Waals surface area contributed by atoms with Gasteiger partial charge in [-0.3, -0.25) is 4.79 Å². The van der Waals surface area contributed by atoms with Gasteiger partial charge in [0.05, 0.1) is 16.4 Å². The van der Waals surface area contributed by atoms with Gasteiger partial charge in [-0.05, 0) is 31.2 Å². The topological polar surface area (TPSA) is 53.3 Å². The Balaban J connectivity index is 1.96. The second-order valence-corrected chi connectivity index (χ2v) is 6.31. The summed E-state index contributed by atoms with van der Waals surface area (Å²) in [6, 6.07) is 12.6. The maximum atomic E-state index is 12.2. The van der Waals surface area contributed by atoms with E-state index in [2.05, 4.69) is 0 Å². The first-order valence-electron chi connectivity index (χ1n) is 6.78. The van der Waals surface area contributed by atoms with Crippen LogP contribution in [0.15, 0.2) is 36.4 Å². The molecule has 1 heterocycles. The van der Waals surface area contributed by atoms with E-state index in [0.717, 1.165) is 4.88 Å². The lowest BCUT2D eigenvalue weighted by Crippen LogP contribution is -2.34. The molecule has 0 unspecified atom stereocenters. The van der Waals surface area contributed by atoms with Gasteiger partial charge in [-0.2, -0.15) is 5.26 Å². The molecule has 114 valence electrons. The van der Waals surface area contributed by atoms with Crippen LogP contribution in [0.1, 0.15) is 17.4 Å². The van der Waals surface area contributed by atoms with Crippen molar-refractivity contribution >= 4 is 28.8 Å². The molecule has 1 aromatic heterocycles. The number of ether oxygens (including phenoxy) is 1. The summed E-state index contributed by atoms with van der Waals surface area (Å²) in [5.74, 6) is 0.299. The first-order valence-corrected chi connectivity index (χ1v) is 7.97. The summed E-state index contributed by atoms with van der Waals surface area (Å²) in [6.45, 7) is 2.91. The molecule has 0 aliphatic heterocycles. The van der Waals surface area contributed by atoms with E-state index in [0.29, 0.717) is 28.7 Å². The Morgan fingerprint density at radius 1 is 1.36 bits per heavy atom. The second kappa shape index (κ2) is 7.83.